The third kappa shape index (κ3) is 6.01. The Morgan fingerprint density at radius 2 is 2.14 bits per heavy atom. The van der Waals surface area contributed by atoms with E-state index in [0.29, 0.717) is 54.5 Å². The van der Waals surface area contributed by atoms with E-state index in [-0.39, 0.29) is 12.1 Å². The van der Waals surface area contributed by atoms with E-state index in [2.05, 4.69) is 30.9 Å². The maximum atomic E-state index is 11.8. The summed E-state index contributed by atoms with van der Waals surface area (Å²) in [6.45, 7) is 5.70. The number of thiocarbonyl (C=S) groups is 1. The molecule has 1 aliphatic rings. The number of carbonyl (C=O) groups excluding carboxylic acids is 1. The van der Waals surface area contributed by atoms with Crippen LogP contribution < -0.4 is 16.0 Å². The van der Waals surface area contributed by atoms with Gasteiger partial charge < -0.3 is 30.0 Å². The van der Waals surface area contributed by atoms with Crippen molar-refractivity contribution in [1.29, 1.82) is 0 Å². The van der Waals surface area contributed by atoms with Gasteiger partial charge in [0, 0.05) is 26.1 Å². The first kappa shape index (κ1) is 20.8. The molecule has 0 unspecified atom stereocenters. The van der Waals surface area contributed by atoms with Crippen LogP contribution in [-0.4, -0.2) is 56.8 Å². The van der Waals surface area contributed by atoms with Crippen molar-refractivity contribution in [3.63, 3.8) is 0 Å². The average molecular weight is 420 g/mol. The molecule has 156 valence electrons. The normalized spacial score (nSPS) is 14.3. The highest BCUT2D eigenvalue weighted by Crippen LogP contribution is 2.18. The third-order valence-corrected chi connectivity index (χ3v) is 4.64. The van der Waals surface area contributed by atoms with Crippen LogP contribution in [0.25, 0.3) is 0 Å². The molecule has 0 saturated carbocycles. The minimum atomic E-state index is -0.259. The first-order valence-corrected chi connectivity index (χ1v) is 9.90. The van der Waals surface area contributed by atoms with E-state index in [1.807, 2.05) is 0 Å². The molecule has 3 heterocycles. The zero-order valence-corrected chi connectivity index (χ0v) is 17.3. The average Bonchev–Trinajstić information content (AvgIpc) is 3.13. The minimum Gasteiger partial charge on any atom is -0.450 e. The number of piperidine rings is 1. The third-order valence-electron chi connectivity index (χ3n) is 4.42. The summed E-state index contributed by atoms with van der Waals surface area (Å²) >= 11 is 5.44. The maximum Gasteiger partial charge on any atom is 0.409 e. The van der Waals surface area contributed by atoms with Crippen molar-refractivity contribution in [3.8, 4) is 0 Å². The smallest absolute Gasteiger partial charge is 0.409 e. The van der Waals surface area contributed by atoms with Gasteiger partial charge in [0.05, 0.1) is 25.5 Å². The van der Waals surface area contributed by atoms with Gasteiger partial charge in [-0.15, -0.1) is 0 Å². The van der Waals surface area contributed by atoms with E-state index < -0.39 is 0 Å². The van der Waals surface area contributed by atoms with Crippen molar-refractivity contribution < 1.29 is 13.9 Å². The molecule has 3 N–H and O–H groups in total. The molecule has 10 nitrogen and oxygen atoms in total. The number of ether oxygens (including phenoxy) is 1. The lowest BCUT2D eigenvalue weighted by Gasteiger charge is -2.32. The highest BCUT2D eigenvalue weighted by molar-refractivity contribution is 7.80. The Hall–Kier alpha value is -2.95. The summed E-state index contributed by atoms with van der Waals surface area (Å²) in [5.74, 6) is 1.93. The van der Waals surface area contributed by atoms with E-state index in [1.165, 1.54) is 6.33 Å². The quantitative estimate of drug-likeness (QED) is 0.602. The first-order valence-electron chi connectivity index (χ1n) is 9.49. The second-order valence-electron chi connectivity index (χ2n) is 6.54. The molecule has 0 spiro atoms. The highest BCUT2D eigenvalue weighted by atomic mass is 32.1. The Balaban J connectivity index is 1.49. The Bertz CT molecular complexity index is 836. The zero-order chi connectivity index (χ0) is 20.6. The first-order chi connectivity index (χ1) is 14.0. The van der Waals surface area contributed by atoms with Crippen LogP contribution in [0.2, 0.25) is 0 Å². The lowest BCUT2D eigenvalue weighted by atomic mass is 10.1. The maximum absolute atomic E-state index is 11.8. The van der Waals surface area contributed by atoms with Gasteiger partial charge >= 0.3 is 6.09 Å². The number of aromatic nitrogens is 3. The van der Waals surface area contributed by atoms with E-state index >= 15 is 0 Å². The molecule has 11 heteroatoms. The standard InChI is InChI=1S/C18H25N7O3S/c1-3-27-18(26)25-6-4-13(5-7-25)23-17(29)24-15-10-19-11-22-16(15)21-9-14-8-20-12(2)28-14/h8,10-11,13H,3-7,9H2,1-2H3,(H,19,21,22)(H2,23,24,29). The monoisotopic (exact) mass is 419 g/mol. The fourth-order valence-electron chi connectivity index (χ4n) is 2.98. The van der Waals surface area contributed by atoms with Gasteiger partial charge in [-0.05, 0) is 32.0 Å². The number of hydrogen-bond acceptors (Lipinski definition) is 8. The van der Waals surface area contributed by atoms with Gasteiger partial charge in [0.15, 0.2) is 16.8 Å². The molecular formula is C18H25N7O3S. The van der Waals surface area contributed by atoms with Crippen molar-refractivity contribution in [3.05, 3.63) is 30.4 Å². The number of oxazole rings is 1. The molecule has 0 aromatic carbocycles. The van der Waals surface area contributed by atoms with Gasteiger partial charge in [-0.1, -0.05) is 0 Å². The number of anilines is 2. The van der Waals surface area contributed by atoms with Crippen molar-refractivity contribution in [2.75, 3.05) is 30.3 Å². The van der Waals surface area contributed by atoms with Crippen LogP contribution in [0.5, 0.6) is 0 Å². The topological polar surface area (TPSA) is 117 Å². The van der Waals surface area contributed by atoms with Crippen molar-refractivity contribution >= 4 is 34.9 Å². The molecule has 3 rings (SSSR count). The highest BCUT2D eigenvalue weighted by Gasteiger charge is 2.24. The zero-order valence-electron chi connectivity index (χ0n) is 16.5. The van der Waals surface area contributed by atoms with Gasteiger partial charge in [0.25, 0.3) is 0 Å². The minimum absolute atomic E-state index is 0.180. The number of likely N-dealkylation sites (tertiary alicyclic amines) is 1. The van der Waals surface area contributed by atoms with Crippen molar-refractivity contribution in [1.82, 2.24) is 25.2 Å². The van der Waals surface area contributed by atoms with Gasteiger partial charge in [-0.25, -0.2) is 19.7 Å². The van der Waals surface area contributed by atoms with Gasteiger partial charge in [0.2, 0.25) is 0 Å². The fraction of sp³-hybridized carbons (Fsp3) is 0.500. The molecule has 1 amide bonds. The summed E-state index contributed by atoms with van der Waals surface area (Å²) in [5.41, 5.74) is 0.658. The molecule has 1 fully saturated rings. The molecule has 2 aromatic rings. The number of aryl methyl sites for hydroxylation is 1. The van der Waals surface area contributed by atoms with Gasteiger partial charge in [-0.2, -0.15) is 0 Å². The van der Waals surface area contributed by atoms with E-state index in [9.17, 15) is 4.79 Å². The summed E-state index contributed by atoms with van der Waals surface area (Å²) in [7, 11) is 0. The Morgan fingerprint density at radius 3 is 2.83 bits per heavy atom. The van der Waals surface area contributed by atoms with Gasteiger partial charge in [-0.3, -0.25) is 0 Å². The van der Waals surface area contributed by atoms with Crippen LogP contribution in [0.4, 0.5) is 16.3 Å². The number of nitrogens with zero attached hydrogens (tertiary/aromatic N) is 4. The largest absolute Gasteiger partial charge is 0.450 e. The predicted molar refractivity (Wildman–Crippen MR) is 112 cm³/mol. The number of rotatable bonds is 6. The van der Waals surface area contributed by atoms with Crippen LogP contribution in [-0.2, 0) is 11.3 Å². The van der Waals surface area contributed by atoms with Crippen LogP contribution in [0.1, 0.15) is 31.4 Å². The van der Waals surface area contributed by atoms with Crippen LogP contribution in [0, 0.1) is 6.92 Å². The van der Waals surface area contributed by atoms with Crippen molar-refractivity contribution in [2.24, 2.45) is 0 Å². The molecule has 1 aliphatic heterocycles. The molecule has 2 aromatic heterocycles. The summed E-state index contributed by atoms with van der Waals surface area (Å²) in [4.78, 5) is 25.9. The van der Waals surface area contributed by atoms with Crippen molar-refractivity contribution in [2.45, 2.75) is 39.3 Å². The molecule has 0 bridgehead atoms. The van der Waals surface area contributed by atoms with Gasteiger partial charge in [0.1, 0.15) is 17.8 Å². The number of hydrogen-bond donors (Lipinski definition) is 3. The number of carbonyl (C=O) groups is 1. The lowest BCUT2D eigenvalue weighted by molar-refractivity contribution is 0.0964. The Labute approximate surface area is 174 Å². The Kier molecular flexibility index (Phi) is 7.17. The summed E-state index contributed by atoms with van der Waals surface area (Å²) in [6, 6.07) is 0.180. The van der Waals surface area contributed by atoms with E-state index in [4.69, 9.17) is 21.4 Å². The molecule has 29 heavy (non-hydrogen) atoms. The molecule has 0 aliphatic carbocycles. The van der Waals surface area contributed by atoms with Crippen LogP contribution in [0.15, 0.2) is 23.1 Å². The second-order valence-corrected chi connectivity index (χ2v) is 6.95. The van der Waals surface area contributed by atoms with Crippen LogP contribution in [0.3, 0.4) is 0 Å². The molecular weight excluding hydrogens is 394 g/mol. The van der Waals surface area contributed by atoms with E-state index in [1.54, 1.807) is 31.1 Å². The fourth-order valence-corrected chi connectivity index (χ4v) is 3.26. The van der Waals surface area contributed by atoms with Crippen LogP contribution >= 0.6 is 12.2 Å². The number of amides is 1. The molecule has 1 saturated heterocycles. The summed E-state index contributed by atoms with van der Waals surface area (Å²) < 4.78 is 10.5. The SMILES string of the molecule is CCOC(=O)N1CCC(NC(=S)Nc2cncnc2NCc2cnc(C)o2)CC1. The summed E-state index contributed by atoms with van der Waals surface area (Å²) in [6.07, 6.45) is 6.11. The molecule has 0 radical (unpaired) electrons. The second kappa shape index (κ2) is 10.0. The Morgan fingerprint density at radius 1 is 1.34 bits per heavy atom. The predicted octanol–water partition coefficient (Wildman–Crippen LogP) is 2.29. The summed E-state index contributed by atoms with van der Waals surface area (Å²) in [5, 5.41) is 10.1. The number of nitrogens with one attached hydrogen (secondary N) is 3. The lowest BCUT2D eigenvalue weighted by Crippen LogP contribution is -2.47. The molecule has 0 atom stereocenters. The van der Waals surface area contributed by atoms with E-state index in [0.717, 1.165) is 12.8 Å².